The van der Waals surface area contributed by atoms with E-state index in [-0.39, 0.29) is 11.7 Å². The first-order valence-electron chi connectivity index (χ1n) is 4.46. The van der Waals surface area contributed by atoms with E-state index in [4.69, 9.17) is 9.66 Å². The lowest BCUT2D eigenvalue weighted by Crippen LogP contribution is -2.10. The summed E-state index contributed by atoms with van der Waals surface area (Å²) in [5, 5.41) is 8.37. The molecule has 0 unspecified atom stereocenters. The molecule has 0 aliphatic carbocycles. The third-order valence-corrected chi connectivity index (χ3v) is 2.43. The number of carbonyl (C=O) groups is 1. The van der Waals surface area contributed by atoms with Crippen molar-refractivity contribution in [2.45, 2.75) is 33.6 Å². The molecule has 2 N–H and O–H groups in total. The summed E-state index contributed by atoms with van der Waals surface area (Å²) >= 11 is 0. The van der Waals surface area contributed by atoms with Gasteiger partial charge < -0.3 is 5.11 Å². The van der Waals surface area contributed by atoms with Gasteiger partial charge in [-0.05, 0) is 19.8 Å². The molecule has 0 aliphatic heterocycles. The van der Waals surface area contributed by atoms with Crippen LogP contribution in [0.4, 0.5) is 0 Å². The van der Waals surface area contributed by atoms with Crippen LogP contribution in [0.1, 0.15) is 33.6 Å². The van der Waals surface area contributed by atoms with Crippen LogP contribution in [0.3, 0.4) is 0 Å². The average Bonchev–Trinajstić information content (AvgIpc) is 2.06. The van der Waals surface area contributed by atoms with Gasteiger partial charge in [0.1, 0.15) is 0 Å². The van der Waals surface area contributed by atoms with Crippen molar-refractivity contribution in [1.29, 1.82) is 0 Å². The molecular weight excluding hydrogens is 208 g/mol. The number of carboxylic acid groups (broad SMARTS) is 1. The largest absolute Gasteiger partial charge is 0.481 e. The lowest BCUT2D eigenvalue weighted by molar-refractivity contribution is -0.141. The molecule has 0 atom stereocenters. The molecule has 0 rings (SSSR count). The van der Waals surface area contributed by atoms with Gasteiger partial charge in [0.2, 0.25) is 0 Å². The predicted octanol–water partition coefficient (Wildman–Crippen LogP) is 1.40. The molecule has 0 aliphatic rings. The maximum atomic E-state index is 10.2. The quantitative estimate of drug-likeness (QED) is 0.707. The standard InChI is InChI=1S/C6H12O2.C2H6O3S/c1-3-5(4-2)6(7)8;1-2-6(3,4)5/h5H,3-4H2,1-2H3,(H,7,8);2H2,1H3,(H,3,4,5). The minimum atomic E-state index is -3.66. The highest BCUT2D eigenvalue weighted by molar-refractivity contribution is 7.85. The van der Waals surface area contributed by atoms with Crippen molar-refractivity contribution in [2.75, 3.05) is 5.75 Å². The number of hydrogen-bond donors (Lipinski definition) is 2. The maximum absolute atomic E-state index is 10.2. The van der Waals surface area contributed by atoms with E-state index in [9.17, 15) is 13.2 Å². The first-order valence-corrected chi connectivity index (χ1v) is 6.07. The molecule has 6 heteroatoms. The maximum Gasteiger partial charge on any atom is 0.306 e. The van der Waals surface area contributed by atoms with Crippen LogP contribution in [0.2, 0.25) is 0 Å². The van der Waals surface area contributed by atoms with Gasteiger partial charge in [-0.3, -0.25) is 9.35 Å². The number of rotatable bonds is 4. The van der Waals surface area contributed by atoms with Crippen LogP contribution >= 0.6 is 0 Å². The highest BCUT2D eigenvalue weighted by Crippen LogP contribution is 2.05. The SMILES string of the molecule is CCC(CC)C(=O)O.CCS(=O)(=O)O. The summed E-state index contributed by atoms with van der Waals surface area (Å²) in [5.41, 5.74) is 0. The topological polar surface area (TPSA) is 91.7 Å². The third-order valence-electron chi connectivity index (χ3n) is 1.70. The van der Waals surface area contributed by atoms with Crippen LogP contribution in [0, 0.1) is 5.92 Å². The van der Waals surface area contributed by atoms with Crippen LogP contribution in [-0.4, -0.2) is 29.8 Å². The van der Waals surface area contributed by atoms with Gasteiger partial charge in [0.15, 0.2) is 0 Å². The Morgan fingerprint density at radius 3 is 1.50 bits per heavy atom. The minimum Gasteiger partial charge on any atom is -0.481 e. The van der Waals surface area contributed by atoms with E-state index in [2.05, 4.69) is 0 Å². The molecular formula is C8H18O5S. The first-order chi connectivity index (χ1) is 6.28. The Morgan fingerprint density at radius 1 is 1.21 bits per heavy atom. The van der Waals surface area contributed by atoms with Gasteiger partial charge in [0.25, 0.3) is 10.1 Å². The predicted molar refractivity (Wildman–Crippen MR) is 53.8 cm³/mol. The molecule has 5 nitrogen and oxygen atoms in total. The van der Waals surface area contributed by atoms with Gasteiger partial charge in [-0.1, -0.05) is 13.8 Å². The molecule has 0 bridgehead atoms. The molecule has 0 aromatic heterocycles. The zero-order valence-corrected chi connectivity index (χ0v) is 9.54. The molecule has 0 fully saturated rings. The number of aliphatic carboxylic acids is 1. The monoisotopic (exact) mass is 226 g/mol. The zero-order chi connectivity index (χ0) is 11.8. The normalized spacial score (nSPS) is 10.6. The molecule has 0 radical (unpaired) electrons. The average molecular weight is 226 g/mol. The van der Waals surface area contributed by atoms with Crippen LogP contribution in [0.5, 0.6) is 0 Å². The molecule has 0 amide bonds. The van der Waals surface area contributed by atoms with E-state index < -0.39 is 16.1 Å². The van der Waals surface area contributed by atoms with E-state index >= 15 is 0 Å². The van der Waals surface area contributed by atoms with Gasteiger partial charge in [-0.15, -0.1) is 0 Å². The molecule has 86 valence electrons. The van der Waals surface area contributed by atoms with Crippen molar-refractivity contribution < 1.29 is 22.9 Å². The molecule has 0 saturated heterocycles. The Labute approximate surface area is 84.9 Å². The van der Waals surface area contributed by atoms with Gasteiger partial charge in [0, 0.05) is 0 Å². The lowest BCUT2D eigenvalue weighted by Gasteiger charge is -2.02. The van der Waals surface area contributed by atoms with Crippen molar-refractivity contribution >= 4 is 16.1 Å². The highest BCUT2D eigenvalue weighted by atomic mass is 32.2. The van der Waals surface area contributed by atoms with E-state index in [1.807, 2.05) is 13.8 Å². The summed E-state index contributed by atoms with van der Waals surface area (Å²) < 4.78 is 26.9. The summed E-state index contributed by atoms with van der Waals surface area (Å²) in [5.74, 6) is -1.00. The smallest absolute Gasteiger partial charge is 0.306 e. The van der Waals surface area contributed by atoms with Crippen molar-refractivity contribution in [3.63, 3.8) is 0 Å². The zero-order valence-electron chi connectivity index (χ0n) is 8.73. The summed E-state index contributed by atoms with van der Waals surface area (Å²) in [6, 6.07) is 0. The van der Waals surface area contributed by atoms with E-state index in [0.29, 0.717) is 0 Å². The summed E-state index contributed by atoms with van der Waals surface area (Å²) in [7, 11) is -3.66. The molecule has 14 heavy (non-hydrogen) atoms. The molecule has 0 heterocycles. The molecule has 0 aromatic rings. The fourth-order valence-corrected chi connectivity index (χ4v) is 0.638. The lowest BCUT2D eigenvalue weighted by atomic mass is 10.1. The van der Waals surface area contributed by atoms with Crippen molar-refractivity contribution in [2.24, 2.45) is 5.92 Å². The minimum absolute atomic E-state index is 0.130. The van der Waals surface area contributed by atoms with Crippen LogP contribution in [-0.2, 0) is 14.9 Å². The highest BCUT2D eigenvalue weighted by Gasteiger charge is 2.10. The van der Waals surface area contributed by atoms with E-state index in [0.717, 1.165) is 12.8 Å². The van der Waals surface area contributed by atoms with Gasteiger partial charge in [-0.25, -0.2) is 0 Å². The van der Waals surface area contributed by atoms with E-state index in [1.165, 1.54) is 6.92 Å². The second-order valence-electron chi connectivity index (χ2n) is 2.72. The van der Waals surface area contributed by atoms with Crippen LogP contribution in [0.15, 0.2) is 0 Å². The van der Waals surface area contributed by atoms with Crippen molar-refractivity contribution in [3.05, 3.63) is 0 Å². The Bertz CT molecular complexity index is 240. The summed E-state index contributed by atoms with van der Waals surface area (Å²) in [6.45, 7) is 5.15. The van der Waals surface area contributed by atoms with Crippen LogP contribution < -0.4 is 0 Å². The van der Waals surface area contributed by atoms with Gasteiger partial charge in [0.05, 0.1) is 11.7 Å². The third kappa shape index (κ3) is 11.4. The number of hydrogen-bond acceptors (Lipinski definition) is 3. The second kappa shape index (κ2) is 7.75. The fourth-order valence-electron chi connectivity index (χ4n) is 0.638. The molecule has 0 saturated carbocycles. The van der Waals surface area contributed by atoms with Gasteiger partial charge in [-0.2, -0.15) is 8.42 Å². The Balaban J connectivity index is 0. The van der Waals surface area contributed by atoms with Crippen molar-refractivity contribution in [1.82, 2.24) is 0 Å². The molecule has 0 aromatic carbocycles. The Morgan fingerprint density at radius 2 is 1.50 bits per heavy atom. The van der Waals surface area contributed by atoms with E-state index in [1.54, 1.807) is 0 Å². The van der Waals surface area contributed by atoms with Gasteiger partial charge >= 0.3 is 5.97 Å². The second-order valence-corrected chi connectivity index (χ2v) is 4.46. The summed E-state index contributed by atoms with van der Waals surface area (Å²) in [4.78, 5) is 10.2. The number of carboxylic acids is 1. The Hall–Kier alpha value is -0.620. The summed E-state index contributed by atoms with van der Waals surface area (Å²) in [6.07, 6.45) is 1.48. The Kier molecular flexibility index (Phi) is 8.77. The van der Waals surface area contributed by atoms with Crippen molar-refractivity contribution in [3.8, 4) is 0 Å². The van der Waals surface area contributed by atoms with Crippen LogP contribution in [0.25, 0.3) is 0 Å². The fraction of sp³-hybridized carbons (Fsp3) is 0.875. The first kappa shape index (κ1) is 15.8. The molecule has 0 spiro atoms.